The fraction of sp³-hybridized carbons (Fsp3) is 0.867. The second kappa shape index (κ2) is 6.83. The fourth-order valence-corrected chi connectivity index (χ4v) is 4.71. The molecule has 5 heteroatoms. The number of likely N-dealkylation sites (N-methyl/N-ethyl adjacent to an activating group) is 1. The molecule has 0 spiro atoms. The van der Waals surface area contributed by atoms with Gasteiger partial charge in [-0.15, -0.1) is 0 Å². The standard InChI is InChI=1S/C15H26N2O2S/c1-10(15(19)17(2)3)16-14(18)9-20-8-13-7-11-4-5-12(13)6-11/h10-13H,4-9H2,1-3H3,(H,16,18). The second-order valence-corrected chi connectivity index (χ2v) is 7.50. The Balaban J connectivity index is 1.62. The van der Waals surface area contributed by atoms with Gasteiger partial charge in [-0.05, 0) is 49.7 Å². The van der Waals surface area contributed by atoms with Crippen molar-refractivity contribution < 1.29 is 9.59 Å². The van der Waals surface area contributed by atoms with Crippen LogP contribution in [0, 0.1) is 17.8 Å². The number of rotatable bonds is 6. The number of nitrogens with zero attached hydrogens (tertiary/aromatic N) is 1. The molecule has 0 aromatic rings. The van der Waals surface area contributed by atoms with E-state index in [0.717, 1.165) is 23.5 Å². The number of amides is 2. The zero-order valence-corrected chi connectivity index (χ0v) is 13.5. The summed E-state index contributed by atoms with van der Waals surface area (Å²) in [4.78, 5) is 25.0. The molecule has 0 heterocycles. The van der Waals surface area contributed by atoms with Gasteiger partial charge in [0.2, 0.25) is 11.8 Å². The molecule has 0 aromatic heterocycles. The van der Waals surface area contributed by atoms with Crippen molar-refractivity contribution in [1.82, 2.24) is 10.2 Å². The van der Waals surface area contributed by atoms with E-state index in [4.69, 9.17) is 0 Å². The Hall–Kier alpha value is -0.710. The lowest BCUT2D eigenvalue weighted by atomic mass is 9.90. The lowest BCUT2D eigenvalue weighted by Gasteiger charge is -2.21. The monoisotopic (exact) mass is 298 g/mol. The van der Waals surface area contributed by atoms with E-state index in [1.54, 1.807) is 32.8 Å². The Bertz CT molecular complexity index is 373. The lowest BCUT2D eigenvalue weighted by Crippen LogP contribution is -2.44. The highest BCUT2D eigenvalue weighted by atomic mass is 32.2. The molecule has 2 saturated carbocycles. The first-order chi connectivity index (χ1) is 9.47. The van der Waals surface area contributed by atoms with Crippen LogP contribution in [0.25, 0.3) is 0 Å². The van der Waals surface area contributed by atoms with E-state index >= 15 is 0 Å². The Labute approximate surface area is 126 Å². The first-order valence-electron chi connectivity index (χ1n) is 7.55. The lowest BCUT2D eigenvalue weighted by molar-refractivity contribution is -0.133. The number of fused-ring (bicyclic) bond motifs is 2. The molecule has 4 nitrogen and oxygen atoms in total. The van der Waals surface area contributed by atoms with E-state index < -0.39 is 6.04 Å². The molecule has 2 aliphatic rings. The van der Waals surface area contributed by atoms with Crippen molar-refractivity contribution >= 4 is 23.6 Å². The quantitative estimate of drug-likeness (QED) is 0.813. The number of hydrogen-bond acceptors (Lipinski definition) is 3. The molecule has 20 heavy (non-hydrogen) atoms. The van der Waals surface area contributed by atoms with Crippen LogP contribution in [-0.2, 0) is 9.59 Å². The van der Waals surface area contributed by atoms with Crippen molar-refractivity contribution in [2.45, 2.75) is 38.6 Å². The largest absolute Gasteiger partial charge is 0.347 e. The van der Waals surface area contributed by atoms with Crippen molar-refractivity contribution in [2.75, 3.05) is 25.6 Å². The Morgan fingerprint density at radius 1 is 1.30 bits per heavy atom. The first-order valence-corrected chi connectivity index (χ1v) is 8.71. The predicted molar refractivity (Wildman–Crippen MR) is 82.6 cm³/mol. The molecule has 2 amide bonds. The van der Waals surface area contributed by atoms with Gasteiger partial charge in [-0.2, -0.15) is 11.8 Å². The van der Waals surface area contributed by atoms with Crippen LogP contribution >= 0.6 is 11.8 Å². The van der Waals surface area contributed by atoms with Crippen molar-refractivity contribution in [3.63, 3.8) is 0 Å². The van der Waals surface area contributed by atoms with Crippen molar-refractivity contribution in [1.29, 1.82) is 0 Å². The van der Waals surface area contributed by atoms with Crippen LogP contribution in [-0.4, -0.2) is 48.4 Å². The van der Waals surface area contributed by atoms with Gasteiger partial charge in [-0.25, -0.2) is 0 Å². The van der Waals surface area contributed by atoms with E-state index in [1.807, 2.05) is 0 Å². The molecule has 114 valence electrons. The van der Waals surface area contributed by atoms with Gasteiger partial charge in [0.15, 0.2) is 0 Å². The third kappa shape index (κ3) is 3.90. The highest BCUT2D eigenvalue weighted by Crippen LogP contribution is 2.49. The van der Waals surface area contributed by atoms with Crippen LogP contribution < -0.4 is 5.32 Å². The van der Waals surface area contributed by atoms with Gasteiger partial charge in [0.25, 0.3) is 0 Å². The molecule has 0 aliphatic heterocycles. The van der Waals surface area contributed by atoms with Crippen LogP contribution in [0.15, 0.2) is 0 Å². The molecule has 2 fully saturated rings. The molecule has 0 aromatic carbocycles. The smallest absolute Gasteiger partial charge is 0.244 e. The Morgan fingerprint density at radius 2 is 2.05 bits per heavy atom. The topological polar surface area (TPSA) is 49.4 Å². The average Bonchev–Trinajstić information content (AvgIpc) is 2.99. The summed E-state index contributed by atoms with van der Waals surface area (Å²) < 4.78 is 0. The normalized spacial score (nSPS) is 29.2. The maximum atomic E-state index is 11.8. The van der Waals surface area contributed by atoms with Crippen molar-refractivity contribution in [3.8, 4) is 0 Å². The molecule has 2 rings (SSSR count). The van der Waals surface area contributed by atoms with Gasteiger partial charge in [-0.3, -0.25) is 9.59 Å². The number of carbonyl (C=O) groups is 2. The summed E-state index contributed by atoms with van der Waals surface area (Å²) in [6.07, 6.45) is 5.62. The highest BCUT2D eigenvalue weighted by Gasteiger charge is 2.39. The van der Waals surface area contributed by atoms with Crippen LogP contribution in [0.4, 0.5) is 0 Å². The molecule has 2 bridgehead atoms. The molecular weight excluding hydrogens is 272 g/mol. The first kappa shape index (κ1) is 15.7. The van der Waals surface area contributed by atoms with Gasteiger partial charge >= 0.3 is 0 Å². The van der Waals surface area contributed by atoms with Crippen molar-refractivity contribution in [2.24, 2.45) is 17.8 Å². The second-order valence-electron chi connectivity index (χ2n) is 6.47. The number of hydrogen-bond donors (Lipinski definition) is 1. The van der Waals surface area contributed by atoms with Gasteiger partial charge in [0.05, 0.1) is 5.75 Å². The van der Waals surface area contributed by atoms with Gasteiger partial charge in [0, 0.05) is 14.1 Å². The van der Waals surface area contributed by atoms with E-state index in [1.165, 1.54) is 30.6 Å². The predicted octanol–water partition coefficient (Wildman–Crippen LogP) is 1.75. The maximum absolute atomic E-state index is 11.8. The molecule has 0 radical (unpaired) electrons. The zero-order chi connectivity index (χ0) is 14.7. The summed E-state index contributed by atoms with van der Waals surface area (Å²) in [6, 6.07) is -0.430. The SMILES string of the molecule is CC(NC(=O)CSCC1CC2CCC1C2)C(=O)N(C)C. The molecule has 1 N–H and O–H groups in total. The van der Waals surface area contributed by atoms with Crippen molar-refractivity contribution in [3.05, 3.63) is 0 Å². The molecule has 4 unspecified atom stereocenters. The minimum atomic E-state index is -0.430. The van der Waals surface area contributed by atoms with Gasteiger partial charge in [-0.1, -0.05) is 6.42 Å². The molecule has 4 atom stereocenters. The van der Waals surface area contributed by atoms with E-state index in [-0.39, 0.29) is 11.8 Å². The molecule has 0 saturated heterocycles. The number of nitrogens with one attached hydrogen (secondary N) is 1. The average molecular weight is 298 g/mol. The summed E-state index contributed by atoms with van der Waals surface area (Å²) >= 11 is 1.72. The van der Waals surface area contributed by atoms with Crippen LogP contribution in [0.3, 0.4) is 0 Å². The summed E-state index contributed by atoms with van der Waals surface area (Å²) in [7, 11) is 3.41. The minimum absolute atomic E-state index is 0.0270. The minimum Gasteiger partial charge on any atom is -0.347 e. The summed E-state index contributed by atoms with van der Waals surface area (Å²) in [6.45, 7) is 1.74. The molecule has 2 aliphatic carbocycles. The Morgan fingerprint density at radius 3 is 2.60 bits per heavy atom. The molecular formula is C15H26N2O2S. The Kier molecular flexibility index (Phi) is 5.35. The number of thioether (sulfide) groups is 1. The number of carbonyl (C=O) groups excluding carboxylic acids is 2. The van der Waals surface area contributed by atoms with Gasteiger partial charge in [0.1, 0.15) is 6.04 Å². The van der Waals surface area contributed by atoms with Crippen LogP contribution in [0.5, 0.6) is 0 Å². The fourth-order valence-electron chi connectivity index (χ4n) is 3.62. The van der Waals surface area contributed by atoms with Crippen LogP contribution in [0.2, 0.25) is 0 Å². The summed E-state index contributed by atoms with van der Waals surface area (Å²) in [5.74, 6) is 4.20. The summed E-state index contributed by atoms with van der Waals surface area (Å²) in [5.41, 5.74) is 0. The third-order valence-corrected chi connectivity index (χ3v) is 5.77. The maximum Gasteiger partial charge on any atom is 0.244 e. The van der Waals surface area contributed by atoms with E-state index in [9.17, 15) is 9.59 Å². The van der Waals surface area contributed by atoms with Gasteiger partial charge < -0.3 is 10.2 Å². The van der Waals surface area contributed by atoms with E-state index in [0.29, 0.717) is 5.75 Å². The highest BCUT2D eigenvalue weighted by molar-refractivity contribution is 7.99. The third-order valence-electron chi connectivity index (χ3n) is 4.64. The zero-order valence-electron chi connectivity index (χ0n) is 12.7. The van der Waals surface area contributed by atoms with E-state index in [2.05, 4.69) is 5.32 Å². The van der Waals surface area contributed by atoms with Crippen LogP contribution in [0.1, 0.15) is 32.6 Å². The summed E-state index contributed by atoms with van der Waals surface area (Å²) in [5, 5.41) is 2.77.